The molecule has 1 aromatic rings. The van der Waals surface area contributed by atoms with Crippen molar-refractivity contribution in [2.45, 2.75) is 39.0 Å². The van der Waals surface area contributed by atoms with Gasteiger partial charge in [-0.1, -0.05) is 18.2 Å². The Morgan fingerprint density at radius 2 is 1.85 bits per heavy atom. The van der Waals surface area contributed by atoms with Gasteiger partial charge in [-0.2, -0.15) is 0 Å². The molecule has 2 N–H and O–H groups in total. The van der Waals surface area contributed by atoms with Gasteiger partial charge in [-0.3, -0.25) is 0 Å². The number of para-hydroxylation sites is 1. The molecule has 0 bridgehead atoms. The van der Waals surface area contributed by atoms with Crippen molar-refractivity contribution in [1.29, 1.82) is 0 Å². The number of ether oxygens (including phenoxy) is 2. The van der Waals surface area contributed by atoms with Crippen LogP contribution in [0.3, 0.4) is 0 Å². The van der Waals surface area contributed by atoms with Gasteiger partial charge < -0.3 is 20.1 Å². The van der Waals surface area contributed by atoms with Crippen LogP contribution in [-0.4, -0.2) is 39.1 Å². The lowest BCUT2D eigenvalue weighted by Gasteiger charge is -2.44. The van der Waals surface area contributed by atoms with E-state index in [-0.39, 0.29) is 11.8 Å². The van der Waals surface area contributed by atoms with Gasteiger partial charge in [-0.05, 0) is 32.4 Å². The van der Waals surface area contributed by atoms with Crippen molar-refractivity contribution in [2.24, 2.45) is 5.73 Å². The Bertz CT molecular complexity index is 407. The second-order valence-corrected chi connectivity index (χ2v) is 5.34. The molecule has 0 fully saturated rings. The summed E-state index contributed by atoms with van der Waals surface area (Å²) in [6.07, 6.45) is 0.472. The van der Waals surface area contributed by atoms with Gasteiger partial charge in [0, 0.05) is 39.4 Å². The molecule has 114 valence electrons. The quantitative estimate of drug-likeness (QED) is 0.743. The number of hydrogen-bond donors (Lipinski definition) is 1. The van der Waals surface area contributed by atoms with Crippen LogP contribution in [0.1, 0.15) is 25.8 Å². The Kier molecular flexibility index (Phi) is 6.46. The summed E-state index contributed by atoms with van der Waals surface area (Å²) in [5.41, 5.74) is 8.33. The minimum Gasteiger partial charge on any atom is -0.365 e. The average Bonchev–Trinajstić information content (AvgIpc) is 2.47. The third-order valence-corrected chi connectivity index (χ3v) is 3.95. The number of aryl methyl sites for hydroxylation is 1. The fourth-order valence-electron chi connectivity index (χ4n) is 2.63. The smallest absolute Gasteiger partial charge is 0.159 e. The van der Waals surface area contributed by atoms with Crippen LogP contribution in [0.25, 0.3) is 0 Å². The first kappa shape index (κ1) is 17.0. The lowest BCUT2D eigenvalue weighted by atomic mass is 9.93. The van der Waals surface area contributed by atoms with E-state index in [0.29, 0.717) is 6.54 Å². The van der Waals surface area contributed by atoms with E-state index in [0.717, 1.165) is 13.0 Å². The maximum atomic E-state index is 6.08. The topological polar surface area (TPSA) is 47.7 Å². The van der Waals surface area contributed by atoms with Crippen molar-refractivity contribution in [2.75, 3.05) is 32.2 Å². The molecule has 0 radical (unpaired) electrons. The van der Waals surface area contributed by atoms with Crippen molar-refractivity contribution >= 4 is 5.69 Å². The Labute approximate surface area is 122 Å². The van der Waals surface area contributed by atoms with Crippen LogP contribution in [0.4, 0.5) is 5.69 Å². The van der Waals surface area contributed by atoms with Crippen LogP contribution in [0.15, 0.2) is 24.3 Å². The standard InChI is InChI=1S/C16H28N2O2/c1-6-18(14-10-8-7-9-13(14)2)16(3,12-17)11-15(19-4)20-5/h7-10,15H,6,11-12,17H2,1-5H3. The molecule has 1 atom stereocenters. The first-order valence-corrected chi connectivity index (χ1v) is 7.11. The van der Waals surface area contributed by atoms with Crippen LogP contribution in [0, 0.1) is 6.92 Å². The van der Waals surface area contributed by atoms with Gasteiger partial charge in [-0.25, -0.2) is 0 Å². The average molecular weight is 280 g/mol. The van der Waals surface area contributed by atoms with E-state index in [2.05, 4.69) is 49.9 Å². The van der Waals surface area contributed by atoms with E-state index in [1.165, 1.54) is 11.3 Å². The lowest BCUT2D eigenvalue weighted by Crippen LogP contribution is -2.54. The maximum absolute atomic E-state index is 6.08. The third kappa shape index (κ3) is 3.72. The van der Waals surface area contributed by atoms with Gasteiger partial charge in [-0.15, -0.1) is 0 Å². The summed E-state index contributed by atoms with van der Waals surface area (Å²) in [6.45, 7) is 7.86. The number of rotatable bonds is 8. The molecular weight excluding hydrogens is 252 g/mol. The number of nitrogens with two attached hydrogens (primary N) is 1. The van der Waals surface area contributed by atoms with Gasteiger partial charge in [0.25, 0.3) is 0 Å². The predicted molar refractivity (Wildman–Crippen MR) is 84.1 cm³/mol. The normalized spacial score (nSPS) is 14.3. The molecule has 1 aromatic carbocycles. The monoisotopic (exact) mass is 280 g/mol. The molecule has 0 heterocycles. The Balaban J connectivity index is 3.08. The minimum absolute atomic E-state index is 0.211. The molecule has 4 heteroatoms. The molecule has 0 aliphatic rings. The van der Waals surface area contributed by atoms with Crippen LogP contribution in [0.5, 0.6) is 0 Å². The number of benzene rings is 1. The van der Waals surface area contributed by atoms with Crippen LogP contribution in [0.2, 0.25) is 0 Å². The lowest BCUT2D eigenvalue weighted by molar-refractivity contribution is -0.115. The Morgan fingerprint density at radius 3 is 2.30 bits per heavy atom. The van der Waals surface area contributed by atoms with E-state index in [1.54, 1.807) is 14.2 Å². The van der Waals surface area contributed by atoms with E-state index in [4.69, 9.17) is 15.2 Å². The summed E-state index contributed by atoms with van der Waals surface area (Å²) in [6, 6.07) is 8.38. The number of hydrogen-bond acceptors (Lipinski definition) is 4. The molecule has 4 nitrogen and oxygen atoms in total. The molecular formula is C16H28N2O2. The van der Waals surface area contributed by atoms with Crippen molar-refractivity contribution in [3.63, 3.8) is 0 Å². The van der Waals surface area contributed by atoms with Gasteiger partial charge in [0.1, 0.15) is 0 Å². The summed E-state index contributed by atoms with van der Waals surface area (Å²) in [4.78, 5) is 2.34. The molecule has 0 aliphatic carbocycles. The second kappa shape index (κ2) is 7.62. The molecule has 0 saturated heterocycles. The fraction of sp³-hybridized carbons (Fsp3) is 0.625. The second-order valence-electron chi connectivity index (χ2n) is 5.34. The summed E-state index contributed by atoms with van der Waals surface area (Å²) in [7, 11) is 3.32. The highest BCUT2D eigenvalue weighted by Crippen LogP contribution is 2.30. The zero-order chi connectivity index (χ0) is 15.2. The number of likely N-dealkylation sites (N-methyl/N-ethyl adjacent to an activating group) is 1. The first-order valence-electron chi connectivity index (χ1n) is 7.11. The van der Waals surface area contributed by atoms with Gasteiger partial charge in [0.2, 0.25) is 0 Å². The van der Waals surface area contributed by atoms with E-state index in [1.807, 2.05) is 0 Å². The largest absolute Gasteiger partial charge is 0.365 e. The fourth-order valence-corrected chi connectivity index (χ4v) is 2.63. The zero-order valence-electron chi connectivity index (χ0n) is 13.3. The molecule has 0 saturated carbocycles. The maximum Gasteiger partial charge on any atom is 0.159 e. The van der Waals surface area contributed by atoms with Crippen LogP contribution in [-0.2, 0) is 9.47 Å². The van der Waals surface area contributed by atoms with Crippen LogP contribution >= 0.6 is 0 Å². The molecule has 0 aliphatic heterocycles. The van der Waals surface area contributed by atoms with Gasteiger partial charge in [0.15, 0.2) is 6.29 Å². The van der Waals surface area contributed by atoms with E-state index < -0.39 is 0 Å². The summed E-state index contributed by atoms with van der Waals surface area (Å²) < 4.78 is 10.7. The number of anilines is 1. The molecule has 1 rings (SSSR count). The zero-order valence-corrected chi connectivity index (χ0v) is 13.3. The highest BCUT2D eigenvalue weighted by atomic mass is 16.7. The van der Waals surface area contributed by atoms with Gasteiger partial charge in [0.05, 0.1) is 5.54 Å². The summed E-state index contributed by atoms with van der Waals surface area (Å²) in [5, 5.41) is 0. The van der Waals surface area contributed by atoms with Gasteiger partial charge >= 0.3 is 0 Å². The van der Waals surface area contributed by atoms with Crippen molar-refractivity contribution in [3.05, 3.63) is 29.8 Å². The Morgan fingerprint density at radius 1 is 1.25 bits per heavy atom. The Hall–Kier alpha value is -1.10. The molecule has 0 amide bonds. The SMILES string of the molecule is CCN(c1ccccc1C)C(C)(CN)CC(OC)OC. The minimum atomic E-state index is -0.249. The first-order chi connectivity index (χ1) is 9.52. The van der Waals surface area contributed by atoms with Crippen molar-refractivity contribution < 1.29 is 9.47 Å². The molecule has 1 unspecified atom stereocenters. The number of methoxy groups -OCH3 is 2. The van der Waals surface area contributed by atoms with Crippen molar-refractivity contribution in [1.82, 2.24) is 0 Å². The highest BCUT2D eigenvalue weighted by molar-refractivity contribution is 5.55. The molecule has 20 heavy (non-hydrogen) atoms. The van der Waals surface area contributed by atoms with Crippen LogP contribution < -0.4 is 10.6 Å². The predicted octanol–water partition coefficient (Wildman–Crippen LogP) is 2.55. The third-order valence-electron chi connectivity index (χ3n) is 3.95. The molecule has 0 aromatic heterocycles. The van der Waals surface area contributed by atoms with E-state index in [9.17, 15) is 0 Å². The molecule has 0 spiro atoms. The number of nitrogens with zero attached hydrogens (tertiary/aromatic N) is 1. The highest BCUT2D eigenvalue weighted by Gasteiger charge is 2.33. The summed E-state index contributed by atoms with van der Waals surface area (Å²) >= 11 is 0. The van der Waals surface area contributed by atoms with Crippen molar-refractivity contribution in [3.8, 4) is 0 Å². The van der Waals surface area contributed by atoms with E-state index >= 15 is 0 Å². The summed E-state index contributed by atoms with van der Waals surface area (Å²) in [5.74, 6) is 0.